The van der Waals surface area contributed by atoms with Gasteiger partial charge in [-0.2, -0.15) is 0 Å². The highest BCUT2D eigenvalue weighted by molar-refractivity contribution is 5.08. The van der Waals surface area contributed by atoms with E-state index in [-0.39, 0.29) is 12.4 Å². The number of nitrogens with zero attached hydrogens (tertiary/aromatic N) is 2. The molecule has 1 fully saturated rings. The fourth-order valence-corrected chi connectivity index (χ4v) is 2.33. The van der Waals surface area contributed by atoms with Gasteiger partial charge in [-0.1, -0.05) is 0 Å². The van der Waals surface area contributed by atoms with Crippen LogP contribution in [-0.2, 0) is 16.0 Å². The van der Waals surface area contributed by atoms with Crippen molar-refractivity contribution in [2.24, 2.45) is 0 Å². The molecule has 0 aliphatic carbocycles. The maximum absolute atomic E-state index is 5.90. The molecule has 0 aromatic carbocycles. The van der Waals surface area contributed by atoms with E-state index in [0.717, 1.165) is 31.7 Å². The van der Waals surface area contributed by atoms with Crippen molar-refractivity contribution >= 4 is 0 Å². The van der Waals surface area contributed by atoms with E-state index in [1.165, 1.54) is 6.42 Å². The molecule has 0 radical (unpaired) electrons. The summed E-state index contributed by atoms with van der Waals surface area (Å²) in [6.45, 7) is 4.15. The molecule has 1 aromatic heterocycles. The van der Waals surface area contributed by atoms with Crippen LogP contribution in [0.5, 0.6) is 6.01 Å². The lowest BCUT2D eigenvalue weighted by molar-refractivity contribution is -0.199. The maximum atomic E-state index is 5.90. The van der Waals surface area contributed by atoms with E-state index >= 15 is 0 Å². The second kappa shape index (κ2) is 4.66. The number of aryl methyl sites for hydroxylation is 1. The molecule has 1 saturated heterocycles. The van der Waals surface area contributed by atoms with E-state index in [1.807, 2.05) is 17.7 Å². The number of rotatable bonds is 2. The quantitative estimate of drug-likeness (QED) is 0.783. The summed E-state index contributed by atoms with van der Waals surface area (Å²) in [6.07, 6.45) is 5.33. The van der Waals surface area contributed by atoms with Gasteiger partial charge in [0.1, 0.15) is 12.7 Å². The van der Waals surface area contributed by atoms with Gasteiger partial charge in [0.05, 0.1) is 12.2 Å². The fourth-order valence-electron chi connectivity index (χ4n) is 2.33. The second-order valence-electron chi connectivity index (χ2n) is 4.68. The van der Waals surface area contributed by atoms with Crippen molar-refractivity contribution in [2.75, 3.05) is 13.2 Å². The first-order chi connectivity index (χ1) is 8.31. The van der Waals surface area contributed by atoms with Gasteiger partial charge in [-0.3, -0.25) is 4.57 Å². The van der Waals surface area contributed by atoms with Gasteiger partial charge in [0.25, 0.3) is 6.01 Å². The largest absolute Gasteiger partial charge is 0.462 e. The Morgan fingerprint density at radius 1 is 1.47 bits per heavy atom. The minimum absolute atomic E-state index is 0.0523. The van der Waals surface area contributed by atoms with Crippen LogP contribution in [0, 0.1) is 6.92 Å². The Hall–Kier alpha value is -1.07. The summed E-state index contributed by atoms with van der Waals surface area (Å²) < 4.78 is 19.0. The lowest BCUT2D eigenvalue weighted by atomic mass is 10.2. The lowest BCUT2D eigenvalue weighted by Crippen LogP contribution is -2.37. The van der Waals surface area contributed by atoms with Gasteiger partial charge in [-0.05, 0) is 26.2 Å². The summed E-state index contributed by atoms with van der Waals surface area (Å²) in [5.41, 5.74) is 0.981. The fraction of sp³-hybridized carbons (Fsp3) is 0.750. The average Bonchev–Trinajstić information content (AvgIpc) is 2.70. The minimum atomic E-state index is -0.0523. The highest BCUT2D eigenvalue weighted by atomic mass is 16.7. The van der Waals surface area contributed by atoms with Crippen molar-refractivity contribution in [1.29, 1.82) is 0 Å². The normalized spacial score (nSPS) is 28.5. The van der Waals surface area contributed by atoms with Crippen molar-refractivity contribution in [2.45, 2.75) is 45.1 Å². The third-order valence-electron chi connectivity index (χ3n) is 3.14. The van der Waals surface area contributed by atoms with Crippen LogP contribution in [0.3, 0.4) is 0 Å². The summed E-state index contributed by atoms with van der Waals surface area (Å²) >= 11 is 0. The predicted octanol–water partition coefficient (Wildman–Crippen LogP) is 1.50. The molecule has 0 saturated carbocycles. The van der Waals surface area contributed by atoms with Gasteiger partial charge in [-0.25, -0.2) is 4.98 Å². The molecule has 5 heteroatoms. The van der Waals surface area contributed by atoms with Crippen molar-refractivity contribution in [1.82, 2.24) is 9.55 Å². The van der Waals surface area contributed by atoms with Gasteiger partial charge >= 0.3 is 0 Å². The van der Waals surface area contributed by atoms with Gasteiger partial charge in [0, 0.05) is 12.8 Å². The number of hydrogen-bond donors (Lipinski definition) is 0. The standard InChI is InChI=1S/C12H18N2O3/c1-9-6-14-7-10(8-16-12(14)13-9)17-11-4-2-3-5-15-11/h6,10-11H,2-5,7-8H2,1H3. The molecule has 0 N–H and O–H groups in total. The third-order valence-corrected chi connectivity index (χ3v) is 3.14. The van der Waals surface area contributed by atoms with Crippen LogP contribution in [-0.4, -0.2) is 35.2 Å². The molecule has 2 aliphatic heterocycles. The molecule has 2 atom stereocenters. The van der Waals surface area contributed by atoms with Gasteiger partial charge < -0.3 is 14.2 Å². The van der Waals surface area contributed by atoms with Crippen LogP contribution in [0.15, 0.2) is 6.20 Å². The van der Waals surface area contributed by atoms with E-state index in [0.29, 0.717) is 12.6 Å². The van der Waals surface area contributed by atoms with E-state index < -0.39 is 0 Å². The summed E-state index contributed by atoms with van der Waals surface area (Å²) in [6, 6.07) is 0.701. The Labute approximate surface area is 101 Å². The SMILES string of the molecule is Cc1cn2c(n1)OCC(OC1CCCCO1)C2. The topological polar surface area (TPSA) is 45.5 Å². The number of aromatic nitrogens is 2. The number of fused-ring (bicyclic) bond motifs is 1. The van der Waals surface area contributed by atoms with E-state index in [4.69, 9.17) is 14.2 Å². The molecule has 0 amide bonds. The Balaban J connectivity index is 1.59. The van der Waals surface area contributed by atoms with Crippen LogP contribution in [0.2, 0.25) is 0 Å². The van der Waals surface area contributed by atoms with Crippen molar-refractivity contribution < 1.29 is 14.2 Å². The molecule has 17 heavy (non-hydrogen) atoms. The average molecular weight is 238 g/mol. The van der Waals surface area contributed by atoms with Crippen molar-refractivity contribution in [3.63, 3.8) is 0 Å². The second-order valence-corrected chi connectivity index (χ2v) is 4.68. The van der Waals surface area contributed by atoms with E-state index in [1.54, 1.807) is 0 Å². The maximum Gasteiger partial charge on any atom is 0.296 e. The Morgan fingerprint density at radius 3 is 3.24 bits per heavy atom. The highest BCUT2D eigenvalue weighted by Gasteiger charge is 2.25. The molecule has 2 unspecified atom stereocenters. The minimum Gasteiger partial charge on any atom is -0.462 e. The lowest BCUT2D eigenvalue weighted by Gasteiger charge is -2.30. The molecule has 0 bridgehead atoms. The molecule has 5 nitrogen and oxygen atoms in total. The van der Waals surface area contributed by atoms with Crippen LogP contribution in [0.4, 0.5) is 0 Å². The summed E-state index contributed by atoms with van der Waals surface area (Å²) in [4.78, 5) is 4.29. The predicted molar refractivity (Wildman–Crippen MR) is 60.9 cm³/mol. The molecular formula is C12H18N2O3. The molecule has 3 heterocycles. The first kappa shape index (κ1) is 11.0. The Bertz CT molecular complexity index is 385. The summed E-state index contributed by atoms with van der Waals surface area (Å²) in [7, 11) is 0. The van der Waals surface area contributed by atoms with Crippen molar-refractivity contribution in [3.05, 3.63) is 11.9 Å². The summed E-state index contributed by atoms with van der Waals surface area (Å²) in [5.74, 6) is 0. The third kappa shape index (κ3) is 2.45. The molecule has 0 spiro atoms. The zero-order valence-corrected chi connectivity index (χ0v) is 10.1. The summed E-state index contributed by atoms with van der Waals surface area (Å²) in [5, 5.41) is 0. The first-order valence-electron chi connectivity index (χ1n) is 6.25. The molecular weight excluding hydrogens is 220 g/mol. The van der Waals surface area contributed by atoms with E-state index in [9.17, 15) is 0 Å². The molecule has 1 aromatic rings. The van der Waals surface area contributed by atoms with Crippen LogP contribution in [0.25, 0.3) is 0 Å². The Kier molecular flexibility index (Phi) is 3.03. The monoisotopic (exact) mass is 238 g/mol. The molecule has 3 rings (SSSR count). The van der Waals surface area contributed by atoms with Crippen LogP contribution >= 0.6 is 0 Å². The highest BCUT2D eigenvalue weighted by Crippen LogP contribution is 2.21. The van der Waals surface area contributed by atoms with Gasteiger partial charge in [-0.15, -0.1) is 0 Å². The first-order valence-corrected chi connectivity index (χ1v) is 6.25. The smallest absolute Gasteiger partial charge is 0.296 e. The number of imidazole rings is 1. The number of hydrogen-bond acceptors (Lipinski definition) is 4. The van der Waals surface area contributed by atoms with Gasteiger partial charge in [0.15, 0.2) is 6.29 Å². The van der Waals surface area contributed by atoms with Crippen LogP contribution in [0.1, 0.15) is 25.0 Å². The molecule has 2 aliphatic rings. The van der Waals surface area contributed by atoms with Gasteiger partial charge in [0.2, 0.25) is 0 Å². The zero-order chi connectivity index (χ0) is 11.7. The molecule has 94 valence electrons. The van der Waals surface area contributed by atoms with Crippen LogP contribution < -0.4 is 4.74 Å². The van der Waals surface area contributed by atoms with Crippen molar-refractivity contribution in [3.8, 4) is 6.01 Å². The Morgan fingerprint density at radius 2 is 2.41 bits per heavy atom. The van der Waals surface area contributed by atoms with E-state index in [2.05, 4.69) is 4.98 Å². The number of ether oxygens (including phenoxy) is 3. The zero-order valence-electron chi connectivity index (χ0n) is 10.1.